The number of nitrogens with zero attached hydrogens (tertiary/aromatic N) is 2. The van der Waals surface area contributed by atoms with E-state index in [4.69, 9.17) is 5.21 Å². The van der Waals surface area contributed by atoms with Crippen LogP contribution < -0.4 is 0 Å². The highest BCUT2D eigenvalue weighted by Gasteiger charge is 2.05. The molecule has 0 aromatic rings. The van der Waals surface area contributed by atoms with Gasteiger partial charge in [0.1, 0.15) is 6.67 Å². The Kier molecular flexibility index (Phi) is 1.39. The Morgan fingerprint density at radius 1 is 1.62 bits per heavy atom. The molecule has 0 bridgehead atoms. The summed E-state index contributed by atoms with van der Waals surface area (Å²) in [6, 6.07) is 0. The van der Waals surface area contributed by atoms with E-state index in [1.807, 2.05) is 18.0 Å². The molecule has 3 nitrogen and oxygen atoms in total. The number of hydrogen-bond acceptors (Lipinski definition) is 3. The van der Waals surface area contributed by atoms with Gasteiger partial charge in [0.2, 0.25) is 0 Å². The lowest BCUT2D eigenvalue weighted by atomic mass is 10.6. The molecule has 0 spiro atoms. The minimum atomic E-state index is 0.608. The van der Waals surface area contributed by atoms with Crippen molar-refractivity contribution < 1.29 is 5.21 Å². The van der Waals surface area contributed by atoms with Gasteiger partial charge < -0.3 is 4.90 Å². The summed E-state index contributed by atoms with van der Waals surface area (Å²) in [6.45, 7) is 3.60. The summed E-state index contributed by atoms with van der Waals surface area (Å²) >= 11 is 0. The van der Waals surface area contributed by atoms with Crippen LogP contribution in [0.3, 0.4) is 0 Å². The fourth-order valence-electron chi connectivity index (χ4n) is 0.657. The Morgan fingerprint density at radius 3 is 2.62 bits per heavy atom. The standard InChI is InChI=1S/C5H10N2O/c1-2-6-3-4-7(8)5-6/h3-4,8H,2,5H2,1H3. The molecule has 0 fully saturated rings. The molecule has 0 atom stereocenters. The average Bonchev–Trinajstić information content (AvgIpc) is 2.14. The van der Waals surface area contributed by atoms with Crippen molar-refractivity contribution in [2.75, 3.05) is 13.2 Å². The van der Waals surface area contributed by atoms with Gasteiger partial charge >= 0.3 is 0 Å². The van der Waals surface area contributed by atoms with Crippen LogP contribution in [-0.2, 0) is 0 Å². The van der Waals surface area contributed by atoms with Crippen molar-refractivity contribution in [2.45, 2.75) is 6.92 Å². The molecule has 46 valence electrons. The molecule has 1 aliphatic rings. The summed E-state index contributed by atoms with van der Waals surface area (Å²) < 4.78 is 0. The van der Waals surface area contributed by atoms with E-state index in [1.54, 1.807) is 6.20 Å². The Morgan fingerprint density at radius 2 is 2.38 bits per heavy atom. The summed E-state index contributed by atoms with van der Waals surface area (Å²) in [6.07, 6.45) is 3.50. The molecular weight excluding hydrogens is 104 g/mol. The normalized spacial score (nSPS) is 18.2. The lowest BCUT2D eigenvalue weighted by Gasteiger charge is -2.13. The van der Waals surface area contributed by atoms with Crippen molar-refractivity contribution in [3.8, 4) is 0 Å². The number of hydrogen-bond donors (Lipinski definition) is 1. The van der Waals surface area contributed by atoms with Crippen LogP contribution in [-0.4, -0.2) is 28.4 Å². The molecule has 0 aromatic carbocycles. The van der Waals surface area contributed by atoms with E-state index in [1.165, 1.54) is 0 Å². The molecule has 0 saturated heterocycles. The summed E-state index contributed by atoms with van der Waals surface area (Å²) in [7, 11) is 0. The van der Waals surface area contributed by atoms with E-state index in [2.05, 4.69) is 0 Å². The van der Waals surface area contributed by atoms with Crippen LogP contribution in [0.15, 0.2) is 12.4 Å². The third kappa shape index (κ3) is 0.924. The molecule has 1 heterocycles. The fraction of sp³-hybridized carbons (Fsp3) is 0.600. The van der Waals surface area contributed by atoms with E-state index >= 15 is 0 Å². The van der Waals surface area contributed by atoms with E-state index in [0.717, 1.165) is 11.6 Å². The predicted molar refractivity (Wildman–Crippen MR) is 30.0 cm³/mol. The Balaban J connectivity index is 2.34. The van der Waals surface area contributed by atoms with Gasteiger partial charge in [-0.1, -0.05) is 0 Å². The molecule has 0 unspecified atom stereocenters. The second-order valence-corrected chi connectivity index (χ2v) is 1.78. The minimum absolute atomic E-state index is 0.608. The zero-order valence-corrected chi connectivity index (χ0v) is 4.91. The third-order valence-corrected chi connectivity index (χ3v) is 1.18. The van der Waals surface area contributed by atoms with Gasteiger partial charge in [0.05, 0.1) is 0 Å². The van der Waals surface area contributed by atoms with Gasteiger partial charge in [-0.15, -0.1) is 0 Å². The highest BCUT2D eigenvalue weighted by atomic mass is 16.5. The van der Waals surface area contributed by atoms with Crippen LogP contribution >= 0.6 is 0 Å². The van der Waals surface area contributed by atoms with Gasteiger partial charge in [-0.25, -0.2) is 5.06 Å². The van der Waals surface area contributed by atoms with Crippen LogP contribution in [0.25, 0.3) is 0 Å². The van der Waals surface area contributed by atoms with Crippen molar-refractivity contribution in [1.29, 1.82) is 0 Å². The molecule has 1 aliphatic heterocycles. The summed E-state index contributed by atoms with van der Waals surface area (Å²) in [4.78, 5) is 2.00. The monoisotopic (exact) mass is 114 g/mol. The fourth-order valence-corrected chi connectivity index (χ4v) is 0.657. The molecule has 1 rings (SSSR count). The largest absolute Gasteiger partial charge is 0.357 e. The quantitative estimate of drug-likeness (QED) is 0.536. The van der Waals surface area contributed by atoms with Crippen LogP contribution in [0.2, 0.25) is 0 Å². The SMILES string of the molecule is CCN1C=CN(O)C1. The van der Waals surface area contributed by atoms with E-state index in [9.17, 15) is 0 Å². The second-order valence-electron chi connectivity index (χ2n) is 1.78. The Bertz CT molecular complexity index is 103. The zero-order valence-electron chi connectivity index (χ0n) is 4.91. The maximum absolute atomic E-state index is 8.74. The van der Waals surface area contributed by atoms with Crippen molar-refractivity contribution in [3.05, 3.63) is 12.4 Å². The topological polar surface area (TPSA) is 26.7 Å². The minimum Gasteiger partial charge on any atom is -0.357 e. The lowest BCUT2D eigenvalue weighted by molar-refractivity contribution is -0.0538. The average molecular weight is 114 g/mol. The molecular formula is C5H10N2O. The molecule has 0 aromatic heterocycles. The first kappa shape index (κ1) is 5.44. The maximum atomic E-state index is 8.74. The van der Waals surface area contributed by atoms with E-state index < -0.39 is 0 Å². The molecule has 0 saturated carbocycles. The maximum Gasteiger partial charge on any atom is 0.115 e. The Hall–Kier alpha value is -0.700. The molecule has 3 heteroatoms. The van der Waals surface area contributed by atoms with Gasteiger partial charge in [0, 0.05) is 18.9 Å². The highest BCUT2D eigenvalue weighted by Crippen LogP contribution is 2.00. The van der Waals surface area contributed by atoms with Crippen LogP contribution in [0.1, 0.15) is 6.92 Å². The summed E-state index contributed by atoms with van der Waals surface area (Å²) in [5.74, 6) is 0. The van der Waals surface area contributed by atoms with Gasteiger partial charge in [-0.3, -0.25) is 5.21 Å². The van der Waals surface area contributed by atoms with E-state index in [0.29, 0.717) is 6.67 Å². The first-order chi connectivity index (χ1) is 3.83. The highest BCUT2D eigenvalue weighted by molar-refractivity contribution is 4.85. The third-order valence-electron chi connectivity index (χ3n) is 1.18. The first-order valence-corrected chi connectivity index (χ1v) is 2.71. The van der Waals surface area contributed by atoms with Crippen LogP contribution in [0.5, 0.6) is 0 Å². The van der Waals surface area contributed by atoms with Crippen LogP contribution in [0, 0.1) is 0 Å². The van der Waals surface area contributed by atoms with Gasteiger partial charge in [-0.05, 0) is 6.92 Å². The zero-order chi connectivity index (χ0) is 5.98. The molecule has 1 N–H and O–H groups in total. The van der Waals surface area contributed by atoms with Crippen molar-refractivity contribution in [1.82, 2.24) is 9.96 Å². The van der Waals surface area contributed by atoms with Gasteiger partial charge in [0.15, 0.2) is 0 Å². The van der Waals surface area contributed by atoms with Gasteiger partial charge in [-0.2, -0.15) is 0 Å². The number of hydroxylamine groups is 2. The molecule has 0 radical (unpaired) electrons. The lowest BCUT2D eigenvalue weighted by Crippen LogP contribution is -2.21. The van der Waals surface area contributed by atoms with Crippen molar-refractivity contribution in [3.63, 3.8) is 0 Å². The molecule has 8 heavy (non-hydrogen) atoms. The summed E-state index contributed by atoms with van der Waals surface area (Å²) in [5, 5.41) is 9.89. The molecule has 0 amide bonds. The second kappa shape index (κ2) is 2.05. The number of rotatable bonds is 1. The Labute approximate surface area is 48.8 Å². The van der Waals surface area contributed by atoms with Crippen molar-refractivity contribution in [2.24, 2.45) is 0 Å². The van der Waals surface area contributed by atoms with Crippen molar-refractivity contribution >= 4 is 0 Å². The molecule has 0 aliphatic carbocycles. The van der Waals surface area contributed by atoms with Crippen LogP contribution in [0.4, 0.5) is 0 Å². The summed E-state index contributed by atoms with van der Waals surface area (Å²) in [5.41, 5.74) is 0. The van der Waals surface area contributed by atoms with Gasteiger partial charge in [0.25, 0.3) is 0 Å². The first-order valence-electron chi connectivity index (χ1n) is 2.71. The van der Waals surface area contributed by atoms with E-state index in [-0.39, 0.29) is 0 Å². The smallest absolute Gasteiger partial charge is 0.115 e. The predicted octanol–water partition coefficient (Wildman–Crippen LogP) is 0.442.